The van der Waals surface area contributed by atoms with Crippen molar-refractivity contribution in [2.75, 3.05) is 38.0 Å². The van der Waals surface area contributed by atoms with Gasteiger partial charge in [-0.25, -0.2) is 15.2 Å². The van der Waals surface area contributed by atoms with E-state index < -0.39 is 0 Å². The second-order valence-electron chi connectivity index (χ2n) is 7.30. The first-order chi connectivity index (χ1) is 14.1. The zero-order valence-electron chi connectivity index (χ0n) is 15.9. The van der Waals surface area contributed by atoms with Gasteiger partial charge in [0.2, 0.25) is 11.8 Å². The molecule has 0 aliphatic carbocycles. The van der Waals surface area contributed by atoms with Gasteiger partial charge in [0.15, 0.2) is 0 Å². The number of benzene rings is 1. The number of carbonyl (C=O) groups excluding carboxylic acids is 2. The van der Waals surface area contributed by atoms with Gasteiger partial charge in [-0.2, -0.15) is 0 Å². The molecule has 3 heterocycles. The van der Waals surface area contributed by atoms with Crippen LogP contribution < -0.4 is 16.2 Å². The van der Waals surface area contributed by atoms with Crippen LogP contribution in [0.4, 0.5) is 10.1 Å². The Morgan fingerprint density at radius 1 is 1.10 bits per heavy atom. The van der Waals surface area contributed by atoms with Gasteiger partial charge in [-0.1, -0.05) is 6.07 Å². The highest BCUT2D eigenvalue weighted by Gasteiger charge is 2.34. The van der Waals surface area contributed by atoms with Gasteiger partial charge < -0.3 is 10.2 Å². The van der Waals surface area contributed by atoms with E-state index in [0.29, 0.717) is 31.9 Å². The molecule has 4 rings (SSSR count). The number of nitrogens with zero attached hydrogens (tertiary/aromatic N) is 2. The SMILES string of the molecule is O=C(CN1CCN(C(=O)C2CC(c3cccs3)NN2)CC1)Nc1ccc(F)cc1. The van der Waals surface area contributed by atoms with Crippen molar-refractivity contribution in [1.82, 2.24) is 20.7 Å². The lowest BCUT2D eigenvalue weighted by Gasteiger charge is -2.35. The first-order valence-corrected chi connectivity index (χ1v) is 10.6. The number of carbonyl (C=O) groups is 2. The molecule has 7 nitrogen and oxygen atoms in total. The number of halogens is 1. The van der Waals surface area contributed by atoms with Gasteiger partial charge in [0.25, 0.3) is 0 Å². The second kappa shape index (κ2) is 9.00. The number of nitrogens with one attached hydrogen (secondary N) is 3. The third kappa shape index (κ3) is 4.99. The van der Waals surface area contributed by atoms with Gasteiger partial charge in [-0.3, -0.25) is 14.5 Å². The van der Waals surface area contributed by atoms with Gasteiger partial charge in [-0.05, 0) is 42.1 Å². The summed E-state index contributed by atoms with van der Waals surface area (Å²) in [6.45, 7) is 2.76. The predicted octanol–water partition coefficient (Wildman–Crippen LogP) is 1.58. The molecule has 2 atom stereocenters. The molecule has 2 unspecified atom stereocenters. The van der Waals surface area contributed by atoms with E-state index in [-0.39, 0.29) is 36.3 Å². The van der Waals surface area contributed by atoms with E-state index in [1.165, 1.54) is 29.1 Å². The van der Waals surface area contributed by atoms with Crippen LogP contribution in [0.1, 0.15) is 17.3 Å². The molecule has 9 heteroatoms. The van der Waals surface area contributed by atoms with Crippen molar-refractivity contribution in [1.29, 1.82) is 0 Å². The molecule has 1 aromatic carbocycles. The third-order valence-corrected chi connectivity index (χ3v) is 6.25. The molecular weight excluding hydrogens is 393 g/mol. The first kappa shape index (κ1) is 20.0. The maximum atomic E-state index is 12.9. The van der Waals surface area contributed by atoms with Crippen molar-refractivity contribution < 1.29 is 14.0 Å². The molecule has 0 bridgehead atoms. The summed E-state index contributed by atoms with van der Waals surface area (Å²) in [7, 11) is 0. The normalized spacial score (nSPS) is 22.6. The molecule has 0 radical (unpaired) electrons. The van der Waals surface area contributed by atoms with E-state index in [0.717, 1.165) is 6.42 Å². The lowest BCUT2D eigenvalue weighted by molar-refractivity contribution is -0.135. The highest BCUT2D eigenvalue weighted by atomic mass is 32.1. The summed E-state index contributed by atoms with van der Waals surface area (Å²) in [5, 5.41) is 4.81. The Morgan fingerprint density at radius 2 is 1.86 bits per heavy atom. The number of amides is 2. The first-order valence-electron chi connectivity index (χ1n) is 9.69. The summed E-state index contributed by atoms with van der Waals surface area (Å²) in [6, 6.07) is 9.74. The van der Waals surface area contributed by atoms with Crippen LogP contribution in [0.15, 0.2) is 41.8 Å². The van der Waals surface area contributed by atoms with E-state index in [1.54, 1.807) is 11.3 Å². The van der Waals surface area contributed by atoms with Crippen LogP contribution in [-0.2, 0) is 9.59 Å². The zero-order chi connectivity index (χ0) is 20.2. The molecule has 2 aromatic rings. The summed E-state index contributed by atoms with van der Waals surface area (Å²) in [5.74, 6) is -0.374. The van der Waals surface area contributed by atoms with Gasteiger partial charge in [0, 0.05) is 36.7 Å². The maximum absolute atomic E-state index is 12.9. The summed E-state index contributed by atoms with van der Waals surface area (Å²) in [4.78, 5) is 30.1. The Morgan fingerprint density at radius 3 is 2.55 bits per heavy atom. The molecular formula is C20H24FN5O2S. The predicted molar refractivity (Wildman–Crippen MR) is 110 cm³/mol. The van der Waals surface area contributed by atoms with Gasteiger partial charge in [-0.15, -0.1) is 11.3 Å². The topological polar surface area (TPSA) is 76.7 Å². The van der Waals surface area contributed by atoms with Crippen LogP contribution in [0.25, 0.3) is 0 Å². The van der Waals surface area contributed by atoms with E-state index >= 15 is 0 Å². The van der Waals surface area contributed by atoms with E-state index in [2.05, 4.69) is 22.2 Å². The average Bonchev–Trinajstić information content (AvgIpc) is 3.41. The fraction of sp³-hybridized carbons (Fsp3) is 0.400. The standard InChI is InChI=1S/C20H24FN5O2S/c21-14-3-5-15(6-4-14)22-19(27)13-25-7-9-26(10-8-25)20(28)17-12-16(23-24-17)18-2-1-11-29-18/h1-6,11,16-17,23-24H,7-10,12-13H2,(H,22,27). The molecule has 2 saturated heterocycles. The van der Waals surface area contributed by atoms with Crippen molar-refractivity contribution in [2.24, 2.45) is 0 Å². The van der Waals surface area contributed by atoms with Crippen molar-refractivity contribution >= 4 is 28.8 Å². The lowest BCUT2D eigenvalue weighted by Crippen LogP contribution is -2.54. The molecule has 2 fully saturated rings. The van der Waals surface area contributed by atoms with Gasteiger partial charge in [0.1, 0.15) is 11.9 Å². The minimum Gasteiger partial charge on any atom is -0.339 e. The fourth-order valence-corrected chi connectivity index (χ4v) is 4.47. The molecule has 1 aromatic heterocycles. The number of rotatable bonds is 5. The Kier molecular flexibility index (Phi) is 6.19. The number of thiophene rings is 1. The van der Waals surface area contributed by atoms with Crippen molar-refractivity contribution in [3.8, 4) is 0 Å². The molecule has 0 saturated carbocycles. The van der Waals surface area contributed by atoms with E-state index in [1.807, 2.05) is 21.2 Å². The van der Waals surface area contributed by atoms with Crippen LogP contribution in [0.5, 0.6) is 0 Å². The zero-order valence-corrected chi connectivity index (χ0v) is 16.8. The maximum Gasteiger partial charge on any atom is 0.241 e. The van der Waals surface area contributed by atoms with E-state index in [4.69, 9.17) is 0 Å². The van der Waals surface area contributed by atoms with Crippen LogP contribution in [0, 0.1) is 5.82 Å². The lowest BCUT2D eigenvalue weighted by atomic mass is 10.1. The Balaban J connectivity index is 1.21. The van der Waals surface area contributed by atoms with Crippen molar-refractivity contribution in [2.45, 2.75) is 18.5 Å². The Labute approximate surface area is 172 Å². The van der Waals surface area contributed by atoms with Crippen molar-refractivity contribution in [3.63, 3.8) is 0 Å². The largest absolute Gasteiger partial charge is 0.339 e. The number of hydrazine groups is 1. The minimum absolute atomic E-state index is 0.104. The molecule has 3 N–H and O–H groups in total. The number of piperazine rings is 1. The molecule has 29 heavy (non-hydrogen) atoms. The Bertz CT molecular complexity index is 837. The number of anilines is 1. The molecule has 154 valence electrons. The van der Waals surface area contributed by atoms with Gasteiger partial charge >= 0.3 is 0 Å². The highest BCUT2D eigenvalue weighted by molar-refractivity contribution is 7.10. The fourth-order valence-electron chi connectivity index (χ4n) is 3.68. The molecule has 0 spiro atoms. The van der Waals surface area contributed by atoms with Crippen LogP contribution in [-0.4, -0.2) is 60.4 Å². The summed E-state index contributed by atoms with van der Waals surface area (Å²) >= 11 is 1.69. The molecule has 2 aliphatic rings. The summed E-state index contributed by atoms with van der Waals surface area (Å²) < 4.78 is 12.9. The van der Waals surface area contributed by atoms with Crippen molar-refractivity contribution in [3.05, 3.63) is 52.5 Å². The average molecular weight is 418 g/mol. The van der Waals surface area contributed by atoms with E-state index in [9.17, 15) is 14.0 Å². The minimum atomic E-state index is -0.336. The number of hydrogen-bond donors (Lipinski definition) is 3. The van der Waals surface area contributed by atoms with Crippen LogP contribution in [0.2, 0.25) is 0 Å². The monoisotopic (exact) mass is 417 g/mol. The Hall–Kier alpha value is -2.33. The number of hydrogen-bond acceptors (Lipinski definition) is 6. The molecule has 2 amide bonds. The van der Waals surface area contributed by atoms with Crippen LogP contribution in [0.3, 0.4) is 0 Å². The van der Waals surface area contributed by atoms with Gasteiger partial charge in [0.05, 0.1) is 12.6 Å². The smallest absolute Gasteiger partial charge is 0.241 e. The van der Waals surface area contributed by atoms with Crippen LogP contribution >= 0.6 is 11.3 Å². The molecule has 2 aliphatic heterocycles. The summed E-state index contributed by atoms with van der Waals surface area (Å²) in [5.41, 5.74) is 6.92. The highest BCUT2D eigenvalue weighted by Crippen LogP contribution is 2.26. The summed E-state index contributed by atoms with van der Waals surface area (Å²) in [6.07, 6.45) is 0.736. The third-order valence-electron chi connectivity index (χ3n) is 5.27. The quantitative estimate of drug-likeness (QED) is 0.689. The second-order valence-corrected chi connectivity index (χ2v) is 8.28.